The van der Waals surface area contributed by atoms with Gasteiger partial charge in [-0.25, -0.2) is 0 Å². The molecule has 0 aliphatic rings. The van der Waals surface area contributed by atoms with E-state index in [-0.39, 0.29) is 0 Å². The van der Waals surface area contributed by atoms with E-state index in [0.29, 0.717) is 23.2 Å². The topological polar surface area (TPSA) is 54.9 Å². The normalized spacial score (nSPS) is 10.6. The molecule has 0 unspecified atom stereocenters. The molecule has 0 amide bonds. The molecule has 2 aromatic carbocycles. The molecule has 2 rings (SSSR count). The minimum Gasteiger partial charge on any atom is -0.493 e. The summed E-state index contributed by atoms with van der Waals surface area (Å²) in [6, 6.07) is 12.0. The Bertz CT molecular complexity index is 796. The third-order valence-corrected chi connectivity index (χ3v) is 4.26. The number of rotatable bonds is 7. The second-order valence-corrected chi connectivity index (χ2v) is 6.80. The molecule has 0 saturated carbocycles. The molecule has 2 N–H and O–H groups in total. The van der Waals surface area contributed by atoms with Crippen LogP contribution in [0.3, 0.4) is 0 Å². The van der Waals surface area contributed by atoms with Crippen LogP contribution in [0, 0.1) is 6.92 Å². The maximum Gasteiger partial charge on any atom is 0.186 e. The zero-order valence-electron chi connectivity index (χ0n) is 15.0. The first-order valence-electron chi connectivity index (χ1n) is 8.16. The molecule has 0 saturated heterocycles. The van der Waals surface area contributed by atoms with Crippen molar-refractivity contribution in [1.29, 1.82) is 0 Å². The summed E-state index contributed by atoms with van der Waals surface area (Å²) in [5, 5.41) is 7.56. The summed E-state index contributed by atoms with van der Waals surface area (Å²) in [6.07, 6.45) is 1.67. The van der Waals surface area contributed by atoms with Crippen molar-refractivity contribution in [2.75, 3.05) is 13.7 Å². The Morgan fingerprint density at radius 2 is 2.12 bits per heavy atom. The van der Waals surface area contributed by atoms with Crippen molar-refractivity contribution in [3.63, 3.8) is 0 Å². The highest BCUT2D eigenvalue weighted by Gasteiger charge is 2.11. The Hall–Kier alpha value is -2.12. The number of hydrazone groups is 1. The Morgan fingerprint density at radius 1 is 1.31 bits per heavy atom. The smallest absolute Gasteiger partial charge is 0.186 e. The van der Waals surface area contributed by atoms with Crippen LogP contribution < -0.4 is 20.2 Å². The zero-order valence-corrected chi connectivity index (χ0v) is 17.4. The minimum absolute atomic E-state index is 0.461. The van der Waals surface area contributed by atoms with Gasteiger partial charge in [0.2, 0.25) is 0 Å². The molecule has 0 fully saturated rings. The fraction of sp³-hybridized carbons (Fsp3) is 0.263. The molecule has 7 heteroatoms. The molecule has 26 heavy (non-hydrogen) atoms. The second-order valence-electron chi connectivity index (χ2n) is 5.54. The van der Waals surface area contributed by atoms with Gasteiger partial charge in [-0.05, 0) is 65.3 Å². The zero-order chi connectivity index (χ0) is 18.9. The highest BCUT2D eigenvalue weighted by atomic mass is 79.9. The molecule has 5 nitrogen and oxygen atoms in total. The first-order chi connectivity index (χ1) is 12.5. The Labute approximate surface area is 167 Å². The minimum atomic E-state index is 0.461. The van der Waals surface area contributed by atoms with Crippen molar-refractivity contribution < 1.29 is 9.47 Å². The van der Waals surface area contributed by atoms with Gasteiger partial charge in [0.1, 0.15) is 6.61 Å². The first-order valence-corrected chi connectivity index (χ1v) is 9.36. The number of nitrogens with zero attached hydrogens (tertiary/aromatic N) is 1. The van der Waals surface area contributed by atoms with Gasteiger partial charge in [-0.15, -0.1) is 0 Å². The molecule has 2 aromatic rings. The molecule has 0 aliphatic carbocycles. The third-order valence-electron chi connectivity index (χ3n) is 3.43. The van der Waals surface area contributed by atoms with Crippen LogP contribution in [0.4, 0.5) is 0 Å². The van der Waals surface area contributed by atoms with E-state index < -0.39 is 0 Å². The molecule has 0 radical (unpaired) electrons. The average molecular weight is 436 g/mol. The standard InChI is InChI=1S/C19H22BrN3O2S/c1-4-21-19(26)23-22-11-15-9-16(20)18(17(10-15)24-3)25-12-14-7-5-6-13(2)8-14/h5-11H,4,12H2,1-3H3,(H2,21,23,26)/b22-11-. The van der Waals surface area contributed by atoms with Gasteiger partial charge in [0.05, 0.1) is 17.8 Å². The summed E-state index contributed by atoms with van der Waals surface area (Å²) >= 11 is 8.61. The van der Waals surface area contributed by atoms with E-state index in [0.717, 1.165) is 22.1 Å². The number of hydrogen-bond acceptors (Lipinski definition) is 4. The number of benzene rings is 2. The molecular formula is C19H22BrN3O2S. The molecule has 0 aliphatic heterocycles. The van der Waals surface area contributed by atoms with Crippen molar-refractivity contribution in [2.45, 2.75) is 20.5 Å². The number of hydrogen-bond donors (Lipinski definition) is 2. The van der Waals surface area contributed by atoms with Gasteiger partial charge in [0, 0.05) is 6.54 Å². The molecule has 0 bridgehead atoms. The van der Waals surface area contributed by atoms with Crippen LogP contribution in [0.25, 0.3) is 0 Å². The largest absolute Gasteiger partial charge is 0.493 e. The molecule has 0 heterocycles. The predicted molar refractivity (Wildman–Crippen MR) is 113 cm³/mol. The van der Waals surface area contributed by atoms with Gasteiger partial charge in [0.15, 0.2) is 16.6 Å². The number of ether oxygens (including phenoxy) is 2. The van der Waals surface area contributed by atoms with Crippen molar-refractivity contribution in [3.8, 4) is 11.5 Å². The maximum atomic E-state index is 5.97. The highest BCUT2D eigenvalue weighted by Crippen LogP contribution is 2.36. The van der Waals surface area contributed by atoms with E-state index in [2.05, 4.69) is 50.8 Å². The Balaban J connectivity index is 2.10. The van der Waals surface area contributed by atoms with Crippen LogP contribution in [0.2, 0.25) is 0 Å². The van der Waals surface area contributed by atoms with Gasteiger partial charge in [-0.2, -0.15) is 5.10 Å². The molecule has 0 aromatic heterocycles. The Kier molecular flexibility index (Phi) is 7.87. The van der Waals surface area contributed by atoms with Crippen LogP contribution >= 0.6 is 28.1 Å². The van der Waals surface area contributed by atoms with Crippen molar-refractivity contribution in [1.82, 2.24) is 10.7 Å². The summed E-state index contributed by atoms with van der Waals surface area (Å²) in [7, 11) is 1.61. The summed E-state index contributed by atoms with van der Waals surface area (Å²) in [6.45, 7) is 5.23. The van der Waals surface area contributed by atoms with E-state index in [9.17, 15) is 0 Å². The van der Waals surface area contributed by atoms with E-state index >= 15 is 0 Å². The molecule has 0 spiro atoms. The lowest BCUT2D eigenvalue weighted by molar-refractivity contribution is 0.282. The summed E-state index contributed by atoms with van der Waals surface area (Å²) < 4.78 is 12.2. The number of methoxy groups -OCH3 is 1. The van der Waals surface area contributed by atoms with Crippen LogP contribution in [-0.4, -0.2) is 25.0 Å². The van der Waals surface area contributed by atoms with Crippen molar-refractivity contribution >= 4 is 39.5 Å². The molecule has 0 atom stereocenters. The summed E-state index contributed by atoms with van der Waals surface area (Å²) in [5.41, 5.74) is 5.91. The van der Waals surface area contributed by atoms with E-state index in [4.69, 9.17) is 21.7 Å². The fourth-order valence-electron chi connectivity index (χ4n) is 2.28. The van der Waals surface area contributed by atoms with Gasteiger partial charge < -0.3 is 14.8 Å². The predicted octanol–water partition coefficient (Wildman–Crippen LogP) is 4.16. The van der Waals surface area contributed by atoms with Gasteiger partial charge in [-0.3, -0.25) is 5.43 Å². The number of nitrogens with one attached hydrogen (secondary N) is 2. The van der Waals surface area contributed by atoms with Crippen molar-refractivity contribution in [3.05, 3.63) is 57.6 Å². The lowest BCUT2D eigenvalue weighted by Crippen LogP contribution is -2.31. The molecule has 138 valence electrons. The highest BCUT2D eigenvalue weighted by molar-refractivity contribution is 9.10. The SMILES string of the molecule is CCNC(=S)N/N=C\c1cc(Br)c(OCc2cccc(C)c2)c(OC)c1. The van der Waals surface area contributed by atoms with Crippen LogP contribution in [0.5, 0.6) is 11.5 Å². The third kappa shape index (κ3) is 6.00. The van der Waals surface area contributed by atoms with Gasteiger partial charge in [0.25, 0.3) is 0 Å². The van der Waals surface area contributed by atoms with Crippen LogP contribution in [0.15, 0.2) is 46.0 Å². The van der Waals surface area contributed by atoms with E-state index in [1.807, 2.05) is 31.2 Å². The lowest BCUT2D eigenvalue weighted by Gasteiger charge is -2.14. The van der Waals surface area contributed by atoms with E-state index in [1.54, 1.807) is 13.3 Å². The first kappa shape index (κ1) is 20.2. The number of halogens is 1. The van der Waals surface area contributed by atoms with Crippen LogP contribution in [-0.2, 0) is 6.61 Å². The number of aryl methyl sites for hydroxylation is 1. The van der Waals surface area contributed by atoms with E-state index in [1.165, 1.54) is 5.56 Å². The maximum absolute atomic E-state index is 5.97. The average Bonchev–Trinajstić information content (AvgIpc) is 2.60. The second kappa shape index (κ2) is 10.1. The fourth-order valence-corrected chi connectivity index (χ4v) is 3.05. The summed E-state index contributed by atoms with van der Waals surface area (Å²) in [5.74, 6) is 1.28. The van der Waals surface area contributed by atoms with Gasteiger partial charge >= 0.3 is 0 Å². The van der Waals surface area contributed by atoms with Crippen molar-refractivity contribution in [2.24, 2.45) is 5.10 Å². The van der Waals surface area contributed by atoms with Gasteiger partial charge in [-0.1, -0.05) is 29.8 Å². The summed E-state index contributed by atoms with van der Waals surface area (Å²) in [4.78, 5) is 0. The van der Waals surface area contributed by atoms with Crippen LogP contribution in [0.1, 0.15) is 23.6 Å². The monoisotopic (exact) mass is 435 g/mol. The quantitative estimate of drug-likeness (QED) is 0.388. The number of thiocarbonyl (C=S) groups is 1. The lowest BCUT2D eigenvalue weighted by atomic mass is 10.1. The Morgan fingerprint density at radius 3 is 2.81 bits per heavy atom. The molecular weight excluding hydrogens is 414 g/mol.